The van der Waals surface area contributed by atoms with Gasteiger partial charge in [-0.2, -0.15) is 0 Å². The molecule has 1 aromatic rings. The summed E-state index contributed by atoms with van der Waals surface area (Å²) in [6.45, 7) is -0.125. The summed E-state index contributed by atoms with van der Waals surface area (Å²) in [5, 5.41) is 8.76. The van der Waals surface area contributed by atoms with Gasteiger partial charge in [-0.25, -0.2) is 4.39 Å². The molecule has 0 saturated heterocycles. The van der Waals surface area contributed by atoms with Crippen LogP contribution in [-0.2, 0) is 6.42 Å². The Morgan fingerprint density at radius 1 is 1.21 bits per heavy atom. The number of halogens is 1. The SMILES string of the molecule is COc1ccc(OC)c(CCO)c1F. The average molecular weight is 200 g/mol. The summed E-state index contributed by atoms with van der Waals surface area (Å²) in [5.41, 5.74) is 0.342. The minimum atomic E-state index is -0.471. The van der Waals surface area contributed by atoms with Crippen molar-refractivity contribution in [2.45, 2.75) is 6.42 Å². The number of hydrogen-bond donors (Lipinski definition) is 1. The van der Waals surface area contributed by atoms with E-state index in [-0.39, 0.29) is 18.8 Å². The molecule has 3 nitrogen and oxygen atoms in total. The van der Waals surface area contributed by atoms with Crippen molar-refractivity contribution in [1.29, 1.82) is 0 Å². The maximum atomic E-state index is 13.6. The third kappa shape index (κ3) is 1.96. The molecule has 0 saturated carbocycles. The number of ether oxygens (including phenoxy) is 2. The second-order valence-corrected chi connectivity index (χ2v) is 2.74. The van der Waals surface area contributed by atoms with Crippen LogP contribution < -0.4 is 9.47 Å². The minimum absolute atomic E-state index is 0.125. The van der Waals surface area contributed by atoms with Gasteiger partial charge in [-0.3, -0.25) is 0 Å². The summed E-state index contributed by atoms with van der Waals surface area (Å²) < 4.78 is 23.4. The second kappa shape index (κ2) is 4.81. The van der Waals surface area contributed by atoms with E-state index in [9.17, 15) is 4.39 Å². The zero-order valence-corrected chi connectivity index (χ0v) is 8.21. The van der Waals surface area contributed by atoms with Crippen LogP contribution in [0.15, 0.2) is 12.1 Å². The largest absolute Gasteiger partial charge is 0.496 e. The molecule has 0 fully saturated rings. The van der Waals surface area contributed by atoms with E-state index in [1.54, 1.807) is 6.07 Å². The monoisotopic (exact) mass is 200 g/mol. The average Bonchev–Trinajstić information content (AvgIpc) is 2.21. The van der Waals surface area contributed by atoms with Crippen LogP contribution in [0.3, 0.4) is 0 Å². The fourth-order valence-corrected chi connectivity index (χ4v) is 1.28. The van der Waals surface area contributed by atoms with Crippen molar-refractivity contribution >= 4 is 0 Å². The van der Waals surface area contributed by atoms with Crippen molar-refractivity contribution < 1.29 is 19.0 Å². The van der Waals surface area contributed by atoms with Gasteiger partial charge in [0.1, 0.15) is 5.75 Å². The predicted molar refractivity (Wildman–Crippen MR) is 50.3 cm³/mol. The van der Waals surface area contributed by atoms with Gasteiger partial charge >= 0.3 is 0 Å². The fourth-order valence-electron chi connectivity index (χ4n) is 1.28. The number of aliphatic hydroxyl groups excluding tert-OH is 1. The molecule has 0 spiro atoms. The van der Waals surface area contributed by atoms with Gasteiger partial charge in [0.2, 0.25) is 0 Å². The Kier molecular flexibility index (Phi) is 3.71. The molecule has 78 valence electrons. The van der Waals surface area contributed by atoms with Crippen molar-refractivity contribution in [3.63, 3.8) is 0 Å². The first-order valence-electron chi connectivity index (χ1n) is 4.24. The molecule has 0 atom stereocenters. The van der Waals surface area contributed by atoms with Crippen LogP contribution in [0.25, 0.3) is 0 Å². The Labute approximate surface area is 82.1 Å². The number of methoxy groups -OCH3 is 2. The lowest BCUT2D eigenvalue weighted by Crippen LogP contribution is -2.01. The van der Waals surface area contributed by atoms with Gasteiger partial charge in [0, 0.05) is 18.6 Å². The zero-order chi connectivity index (χ0) is 10.6. The molecule has 0 aliphatic rings. The Bertz CT molecular complexity index is 312. The maximum Gasteiger partial charge on any atom is 0.172 e. The van der Waals surface area contributed by atoms with Gasteiger partial charge in [0.05, 0.1) is 14.2 Å². The molecule has 0 bridgehead atoms. The second-order valence-electron chi connectivity index (χ2n) is 2.74. The molecule has 0 amide bonds. The van der Waals surface area contributed by atoms with E-state index in [2.05, 4.69) is 0 Å². The molecular formula is C10H13FO3. The summed E-state index contributed by atoms with van der Waals surface area (Å²) in [4.78, 5) is 0. The van der Waals surface area contributed by atoms with Crippen LogP contribution >= 0.6 is 0 Å². The lowest BCUT2D eigenvalue weighted by molar-refractivity contribution is 0.292. The summed E-state index contributed by atoms with van der Waals surface area (Å²) in [5.74, 6) is 0.118. The highest BCUT2D eigenvalue weighted by atomic mass is 19.1. The van der Waals surface area contributed by atoms with Crippen LogP contribution in [0.5, 0.6) is 11.5 Å². The summed E-state index contributed by atoms with van der Waals surface area (Å²) >= 11 is 0. The van der Waals surface area contributed by atoms with E-state index >= 15 is 0 Å². The lowest BCUT2D eigenvalue weighted by atomic mass is 10.1. The fraction of sp³-hybridized carbons (Fsp3) is 0.400. The first kappa shape index (κ1) is 10.8. The van der Waals surface area contributed by atoms with Crippen LogP contribution in [0.4, 0.5) is 4.39 Å². The van der Waals surface area contributed by atoms with Gasteiger partial charge < -0.3 is 14.6 Å². The molecule has 1 N–H and O–H groups in total. The van der Waals surface area contributed by atoms with Crippen molar-refractivity contribution in [2.24, 2.45) is 0 Å². The number of hydrogen-bond acceptors (Lipinski definition) is 3. The van der Waals surface area contributed by atoms with E-state index in [4.69, 9.17) is 14.6 Å². The summed E-state index contributed by atoms with van der Waals surface area (Å²) in [6.07, 6.45) is 0.214. The highest BCUT2D eigenvalue weighted by Gasteiger charge is 2.13. The molecule has 0 unspecified atom stereocenters. The van der Waals surface area contributed by atoms with E-state index in [0.29, 0.717) is 11.3 Å². The smallest absolute Gasteiger partial charge is 0.172 e. The van der Waals surface area contributed by atoms with E-state index in [0.717, 1.165) is 0 Å². The Hall–Kier alpha value is -1.29. The topological polar surface area (TPSA) is 38.7 Å². The number of aliphatic hydroxyl groups is 1. The summed E-state index contributed by atoms with van der Waals surface area (Å²) in [7, 11) is 2.86. The highest BCUT2D eigenvalue weighted by Crippen LogP contribution is 2.28. The van der Waals surface area contributed by atoms with Crippen molar-refractivity contribution in [2.75, 3.05) is 20.8 Å². The third-order valence-electron chi connectivity index (χ3n) is 1.97. The minimum Gasteiger partial charge on any atom is -0.496 e. The van der Waals surface area contributed by atoms with Crippen LogP contribution in [0.1, 0.15) is 5.56 Å². The van der Waals surface area contributed by atoms with Crippen molar-refractivity contribution in [1.82, 2.24) is 0 Å². The standard InChI is InChI=1S/C10H13FO3/c1-13-8-3-4-9(14-2)10(11)7(8)5-6-12/h3-4,12H,5-6H2,1-2H3. The van der Waals surface area contributed by atoms with Gasteiger partial charge in [0.15, 0.2) is 11.6 Å². The van der Waals surface area contributed by atoms with Gasteiger partial charge in [-0.15, -0.1) is 0 Å². The van der Waals surface area contributed by atoms with Crippen LogP contribution in [-0.4, -0.2) is 25.9 Å². The molecule has 14 heavy (non-hydrogen) atoms. The molecule has 0 aromatic heterocycles. The van der Waals surface area contributed by atoms with E-state index in [1.807, 2.05) is 0 Å². The molecular weight excluding hydrogens is 187 g/mol. The number of benzene rings is 1. The zero-order valence-electron chi connectivity index (χ0n) is 8.21. The normalized spacial score (nSPS) is 10.0. The lowest BCUT2D eigenvalue weighted by Gasteiger charge is -2.11. The Morgan fingerprint density at radius 3 is 2.29 bits per heavy atom. The first-order chi connectivity index (χ1) is 6.74. The molecule has 1 rings (SSSR count). The van der Waals surface area contributed by atoms with E-state index in [1.165, 1.54) is 20.3 Å². The quantitative estimate of drug-likeness (QED) is 0.798. The molecule has 0 heterocycles. The summed E-state index contributed by atoms with van der Waals surface area (Å²) in [6, 6.07) is 3.11. The van der Waals surface area contributed by atoms with Gasteiger partial charge in [0.25, 0.3) is 0 Å². The third-order valence-corrected chi connectivity index (χ3v) is 1.97. The maximum absolute atomic E-state index is 13.6. The molecule has 1 aromatic carbocycles. The number of rotatable bonds is 4. The molecule has 0 aliphatic carbocycles. The Balaban J connectivity index is 3.16. The van der Waals surface area contributed by atoms with E-state index < -0.39 is 5.82 Å². The van der Waals surface area contributed by atoms with Crippen molar-refractivity contribution in [3.8, 4) is 11.5 Å². The van der Waals surface area contributed by atoms with Gasteiger partial charge in [-0.1, -0.05) is 0 Å². The Morgan fingerprint density at radius 2 is 1.79 bits per heavy atom. The van der Waals surface area contributed by atoms with Gasteiger partial charge in [-0.05, 0) is 12.1 Å². The van der Waals surface area contributed by atoms with Crippen LogP contribution in [0.2, 0.25) is 0 Å². The molecule has 4 heteroatoms. The highest BCUT2D eigenvalue weighted by molar-refractivity contribution is 5.42. The first-order valence-corrected chi connectivity index (χ1v) is 4.24. The molecule has 0 radical (unpaired) electrons. The van der Waals surface area contributed by atoms with Crippen molar-refractivity contribution in [3.05, 3.63) is 23.5 Å². The van der Waals surface area contributed by atoms with Crippen LogP contribution in [0, 0.1) is 5.82 Å². The predicted octanol–water partition coefficient (Wildman–Crippen LogP) is 1.38. The molecule has 0 aliphatic heterocycles.